The van der Waals surface area contributed by atoms with Gasteiger partial charge in [-0.1, -0.05) is 0 Å². The molecule has 0 radical (unpaired) electrons. The number of non-ortho nitro benzene ring substituents is 1. The highest BCUT2D eigenvalue weighted by atomic mass is 32.1. The van der Waals surface area contributed by atoms with E-state index < -0.39 is 10.9 Å². The zero-order chi connectivity index (χ0) is 17.8. The van der Waals surface area contributed by atoms with Crippen LogP contribution >= 0.6 is 11.3 Å². The molecule has 1 aliphatic carbocycles. The molecule has 130 valence electrons. The van der Waals surface area contributed by atoms with Crippen LogP contribution < -0.4 is 0 Å². The van der Waals surface area contributed by atoms with Crippen LogP contribution in [-0.2, 0) is 4.79 Å². The van der Waals surface area contributed by atoms with E-state index in [0.29, 0.717) is 23.4 Å². The van der Waals surface area contributed by atoms with Crippen molar-refractivity contribution in [2.75, 3.05) is 13.1 Å². The summed E-state index contributed by atoms with van der Waals surface area (Å²) in [5.74, 6) is -1.06. The number of fused-ring (bicyclic) bond motifs is 1. The van der Waals surface area contributed by atoms with E-state index in [1.165, 1.54) is 23.5 Å². The van der Waals surface area contributed by atoms with Crippen molar-refractivity contribution in [1.29, 1.82) is 0 Å². The molecule has 1 unspecified atom stereocenters. The van der Waals surface area contributed by atoms with Gasteiger partial charge in [-0.05, 0) is 36.8 Å². The summed E-state index contributed by atoms with van der Waals surface area (Å²) in [4.78, 5) is 36.6. The predicted molar refractivity (Wildman–Crippen MR) is 91.8 cm³/mol. The molecule has 1 aromatic heterocycles. The molecule has 0 bridgehead atoms. The minimum Gasteiger partial charge on any atom is -0.481 e. The molecule has 2 aromatic rings. The maximum atomic E-state index is 12.7. The number of carbonyl (C=O) groups is 2. The van der Waals surface area contributed by atoms with Gasteiger partial charge in [-0.3, -0.25) is 19.7 Å². The quantitative estimate of drug-likeness (QED) is 0.669. The van der Waals surface area contributed by atoms with E-state index in [4.69, 9.17) is 5.11 Å². The molecular formula is C17H16N2O5S. The molecule has 25 heavy (non-hydrogen) atoms. The molecule has 2 heterocycles. The van der Waals surface area contributed by atoms with Crippen molar-refractivity contribution >= 4 is 39.0 Å². The molecule has 1 N–H and O–H groups in total. The molecule has 4 rings (SSSR count). The van der Waals surface area contributed by atoms with Gasteiger partial charge in [-0.2, -0.15) is 0 Å². The molecule has 1 spiro atoms. The number of nitro groups is 1. The third kappa shape index (κ3) is 2.66. The maximum absolute atomic E-state index is 12.7. The Morgan fingerprint density at radius 3 is 2.60 bits per heavy atom. The third-order valence-electron chi connectivity index (χ3n) is 5.46. The SMILES string of the molecule is O=C(O)C1CC12CCN(C(=O)c1cc3cc([N+](=O)[O-])ccc3s1)CC2. The first kappa shape index (κ1) is 16.0. The van der Waals surface area contributed by atoms with Crippen molar-refractivity contribution < 1.29 is 19.6 Å². The second-order valence-electron chi connectivity index (χ2n) is 6.84. The summed E-state index contributed by atoms with van der Waals surface area (Å²) < 4.78 is 0.843. The van der Waals surface area contributed by atoms with Crippen LogP contribution in [0.15, 0.2) is 24.3 Å². The number of carboxylic acids is 1. The van der Waals surface area contributed by atoms with Crippen LogP contribution in [0.4, 0.5) is 5.69 Å². The third-order valence-corrected chi connectivity index (χ3v) is 6.56. The number of likely N-dealkylation sites (tertiary alicyclic amines) is 1. The second-order valence-corrected chi connectivity index (χ2v) is 7.92. The molecule has 1 aliphatic heterocycles. The minimum absolute atomic E-state index is 0.0117. The number of carboxylic acid groups (broad SMARTS) is 1. The molecule has 2 fully saturated rings. The summed E-state index contributed by atoms with van der Waals surface area (Å²) in [5, 5.41) is 20.7. The predicted octanol–water partition coefficient (Wildman–Crippen LogP) is 3.14. The molecular weight excluding hydrogens is 344 g/mol. The van der Waals surface area contributed by atoms with Gasteiger partial charge in [0.05, 0.1) is 15.7 Å². The monoisotopic (exact) mass is 360 g/mol. The van der Waals surface area contributed by atoms with Crippen LogP contribution in [-0.4, -0.2) is 39.9 Å². The van der Waals surface area contributed by atoms with Crippen molar-refractivity contribution in [3.05, 3.63) is 39.3 Å². The highest BCUT2D eigenvalue weighted by Gasteiger charge is 2.59. The maximum Gasteiger partial charge on any atom is 0.307 e. The number of carbonyl (C=O) groups excluding carboxylic acids is 1. The van der Waals surface area contributed by atoms with Crippen molar-refractivity contribution in [3.63, 3.8) is 0 Å². The van der Waals surface area contributed by atoms with Gasteiger partial charge in [0.2, 0.25) is 0 Å². The summed E-state index contributed by atoms with van der Waals surface area (Å²) in [6, 6.07) is 6.30. The Hall–Kier alpha value is -2.48. The van der Waals surface area contributed by atoms with Gasteiger partial charge in [0, 0.05) is 35.3 Å². The number of nitrogens with zero attached hydrogens (tertiary/aromatic N) is 2. The number of rotatable bonds is 3. The number of benzene rings is 1. The Morgan fingerprint density at radius 2 is 2.00 bits per heavy atom. The molecule has 8 heteroatoms. The lowest BCUT2D eigenvalue weighted by Crippen LogP contribution is -2.39. The first-order valence-corrected chi connectivity index (χ1v) is 8.91. The van der Waals surface area contributed by atoms with E-state index in [1.54, 1.807) is 17.0 Å². The van der Waals surface area contributed by atoms with E-state index in [-0.39, 0.29) is 22.9 Å². The van der Waals surface area contributed by atoms with Gasteiger partial charge in [0.1, 0.15) is 0 Å². The number of hydrogen-bond acceptors (Lipinski definition) is 5. The smallest absolute Gasteiger partial charge is 0.307 e. The minimum atomic E-state index is -0.731. The lowest BCUT2D eigenvalue weighted by Gasteiger charge is -2.32. The van der Waals surface area contributed by atoms with Crippen LogP contribution in [0, 0.1) is 21.4 Å². The summed E-state index contributed by atoms with van der Waals surface area (Å²) in [5.41, 5.74) is -0.0960. The van der Waals surface area contributed by atoms with E-state index in [2.05, 4.69) is 0 Å². The van der Waals surface area contributed by atoms with Gasteiger partial charge in [-0.25, -0.2) is 0 Å². The van der Waals surface area contributed by atoms with E-state index in [1.807, 2.05) is 0 Å². The molecule has 1 saturated carbocycles. The average molecular weight is 360 g/mol. The summed E-state index contributed by atoms with van der Waals surface area (Å²) in [6.45, 7) is 1.13. The number of nitro benzene ring substituents is 1. The fourth-order valence-electron chi connectivity index (χ4n) is 3.81. The number of thiophene rings is 1. The second kappa shape index (κ2) is 5.52. The number of amides is 1. The van der Waals surface area contributed by atoms with Crippen LogP contribution in [0.25, 0.3) is 10.1 Å². The molecule has 1 saturated heterocycles. The summed E-state index contributed by atoms with van der Waals surface area (Å²) in [7, 11) is 0. The molecule has 1 aromatic carbocycles. The zero-order valence-corrected chi connectivity index (χ0v) is 14.1. The average Bonchev–Trinajstić information content (AvgIpc) is 3.12. The van der Waals surface area contributed by atoms with Crippen molar-refractivity contribution in [1.82, 2.24) is 4.90 Å². The van der Waals surface area contributed by atoms with Gasteiger partial charge < -0.3 is 10.0 Å². The molecule has 2 aliphatic rings. The Labute approximate surface area is 147 Å². The molecule has 7 nitrogen and oxygen atoms in total. The Balaban J connectivity index is 1.49. The topological polar surface area (TPSA) is 101 Å². The van der Waals surface area contributed by atoms with Gasteiger partial charge in [0.15, 0.2) is 0 Å². The molecule has 1 atom stereocenters. The number of aliphatic carboxylic acids is 1. The Kier molecular flexibility index (Phi) is 3.54. The van der Waals surface area contributed by atoms with Gasteiger partial charge in [0.25, 0.3) is 11.6 Å². The fraction of sp³-hybridized carbons (Fsp3) is 0.412. The lowest BCUT2D eigenvalue weighted by atomic mass is 9.91. The first-order chi connectivity index (χ1) is 11.9. The zero-order valence-electron chi connectivity index (χ0n) is 13.3. The highest BCUT2D eigenvalue weighted by Crippen LogP contribution is 2.59. The summed E-state index contributed by atoms with van der Waals surface area (Å²) in [6.07, 6.45) is 2.18. The van der Waals surface area contributed by atoms with E-state index in [9.17, 15) is 19.7 Å². The van der Waals surface area contributed by atoms with E-state index in [0.717, 1.165) is 24.0 Å². The van der Waals surface area contributed by atoms with Crippen LogP contribution in [0.3, 0.4) is 0 Å². The van der Waals surface area contributed by atoms with Crippen molar-refractivity contribution in [3.8, 4) is 0 Å². The molecule has 1 amide bonds. The highest BCUT2D eigenvalue weighted by molar-refractivity contribution is 7.20. The van der Waals surface area contributed by atoms with Gasteiger partial charge >= 0.3 is 5.97 Å². The van der Waals surface area contributed by atoms with Crippen LogP contribution in [0.2, 0.25) is 0 Å². The van der Waals surface area contributed by atoms with Crippen molar-refractivity contribution in [2.45, 2.75) is 19.3 Å². The Bertz CT molecular complexity index is 898. The van der Waals surface area contributed by atoms with Crippen LogP contribution in [0.5, 0.6) is 0 Å². The lowest BCUT2D eigenvalue weighted by molar-refractivity contribution is -0.384. The van der Waals surface area contributed by atoms with E-state index >= 15 is 0 Å². The largest absolute Gasteiger partial charge is 0.481 e. The van der Waals surface area contributed by atoms with Crippen LogP contribution in [0.1, 0.15) is 28.9 Å². The Morgan fingerprint density at radius 1 is 1.28 bits per heavy atom. The summed E-state index contributed by atoms with van der Waals surface area (Å²) >= 11 is 1.33. The fourth-order valence-corrected chi connectivity index (χ4v) is 4.82. The first-order valence-electron chi connectivity index (χ1n) is 8.10. The number of hydrogen-bond donors (Lipinski definition) is 1. The standard InChI is InChI=1S/C17H16N2O5S/c20-15(18-5-3-17(4-6-18)9-12(17)16(21)22)14-8-10-7-11(19(23)24)1-2-13(10)25-14/h1-2,7-8,12H,3-6,9H2,(H,21,22). The van der Waals surface area contributed by atoms with Gasteiger partial charge in [-0.15, -0.1) is 11.3 Å². The normalized spacial score (nSPS) is 21.4. The van der Waals surface area contributed by atoms with Crippen molar-refractivity contribution in [2.24, 2.45) is 11.3 Å². The number of piperidine rings is 1.